The molecule has 1 aromatic carbocycles. The lowest BCUT2D eigenvalue weighted by Crippen LogP contribution is -2.41. The summed E-state index contributed by atoms with van der Waals surface area (Å²) in [7, 11) is 3.15. The monoisotopic (exact) mass is 412 g/mol. The van der Waals surface area contributed by atoms with Gasteiger partial charge in [-0.25, -0.2) is 0 Å². The molecular weight excluding hydrogens is 396 g/mol. The first-order chi connectivity index (χ1) is 11.5. The van der Waals surface area contributed by atoms with Gasteiger partial charge in [-0.2, -0.15) is 0 Å². The van der Waals surface area contributed by atoms with Crippen molar-refractivity contribution in [2.24, 2.45) is 0 Å². The molecule has 2 aromatic rings. The maximum absolute atomic E-state index is 11.9. The molecule has 0 aliphatic rings. The van der Waals surface area contributed by atoms with E-state index in [0.717, 1.165) is 9.35 Å². The lowest BCUT2D eigenvalue weighted by Gasteiger charge is -2.09. The first-order valence-electron chi connectivity index (χ1n) is 7.08. The minimum Gasteiger partial charge on any atom is -0.497 e. The van der Waals surface area contributed by atoms with Crippen molar-refractivity contribution in [3.8, 4) is 11.5 Å². The molecule has 8 heteroatoms. The Morgan fingerprint density at radius 1 is 1.08 bits per heavy atom. The SMILES string of the molecule is COc1cc(CCC(=O)NNC(=O)c2ccc(Br)s2)cc(OC)c1. The van der Waals surface area contributed by atoms with Crippen LogP contribution in [0, 0.1) is 0 Å². The third kappa shape index (κ3) is 5.24. The zero-order chi connectivity index (χ0) is 17.5. The second-order valence-corrected chi connectivity index (χ2v) is 7.29. The number of carbonyl (C=O) groups is 2. The number of hydrazine groups is 1. The van der Waals surface area contributed by atoms with Gasteiger partial charge in [-0.3, -0.25) is 20.4 Å². The van der Waals surface area contributed by atoms with Crippen LogP contribution in [0.3, 0.4) is 0 Å². The van der Waals surface area contributed by atoms with Crippen LogP contribution in [-0.4, -0.2) is 26.0 Å². The van der Waals surface area contributed by atoms with E-state index in [-0.39, 0.29) is 18.2 Å². The number of nitrogens with one attached hydrogen (secondary N) is 2. The molecule has 2 rings (SSSR count). The Morgan fingerprint density at radius 3 is 2.29 bits per heavy atom. The molecule has 2 N–H and O–H groups in total. The Labute approximate surface area is 152 Å². The quantitative estimate of drug-likeness (QED) is 0.715. The second kappa shape index (κ2) is 8.70. The fourth-order valence-corrected chi connectivity index (χ4v) is 3.24. The molecule has 0 fully saturated rings. The van der Waals surface area contributed by atoms with Gasteiger partial charge < -0.3 is 9.47 Å². The number of methoxy groups -OCH3 is 2. The Bertz CT molecular complexity index is 710. The molecule has 0 aliphatic heterocycles. The van der Waals surface area contributed by atoms with Crippen molar-refractivity contribution in [3.63, 3.8) is 0 Å². The summed E-state index contributed by atoms with van der Waals surface area (Å²) in [4.78, 5) is 24.2. The number of benzene rings is 1. The molecule has 0 atom stereocenters. The van der Waals surface area contributed by atoms with Gasteiger partial charge in [0.25, 0.3) is 5.91 Å². The van der Waals surface area contributed by atoms with Crippen LogP contribution in [0.15, 0.2) is 34.1 Å². The van der Waals surface area contributed by atoms with Gasteiger partial charge in [-0.1, -0.05) is 0 Å². The second-order valence-electron chi connectivity index (χ2n) is 4.83. The van der Waals surface area contributed by atoms with E-state index in [9.17, 15) is 9.59 Å². The molecule has 1 heterocycles. The molecule has 0 aliphatic carbocycles. The summed E-state index contributed by atoms with van der Waals surface area (Å²) in [6.45, 7) is 0. The Hall–Kier alpha value is -2.06. The predicted molar refractivity (Wildman–Crippen MR) is 95.5 cm³/mol. The molecule has 0 spiro atoms. The molecule has 24 heavy (non-hydrogen) atoms. The fourth-order valence-electron chi connectivity index (χ4n) is 1.96. The minimum absolute atomic E-state index is 0.227. The van der Waals surface area contributed by atoms with E-state index in [1.54, 1.807) is 32.4 Å². The van der Waals surface area contributed by atoms with Gasteiger partial charge in [-0.15, -0.1) is 11.3 Å². The summed E-state index contributed by atoms with van der Waals surface area (Å²) < 4.78 is 11.2. The average molecular weight is 413 g/mol. The molecule has 0 radical (unpaired) electrons. The smallest absolute Gasteiger partial charge is 0.279 e. The van der Waals surface area contributed by atoms with Crippen molar-refractivity contribution in [1.82, 2.24) is 10.9 Å². The minimum atomic E-state index is -0.345. The van der Waals surface area contributed by atoms with Gasteiger partial charge in [0.15, 0.2) is 0 Å². The Kier molecular flexibility index (Phi) is 6.62. The maximum Gasteiger partial charge on any atom is 0.279 e. The van der Waals surface area contributed by atoms with Crippen LogP contribution in [0.5, 0.6) is 11.5 Å². The van der Waals surface area contributed by atoms with E-state index in [1.165, 1.54) is 11.3 Å². The van der Waals surface area contributed by atoms with E-state index in [4.69, 9.17) is 9.47 Å². The number of thiophene rings is 1. The zero-order valence-electron chi connectivity index (χ0n) is 13.2. The molecule has 0 saturated heterocycles. The fraction of sp³-hybridized carbons (Fsp3) is 0.250. The average Bonchev–Trinajstić information content (AvgIpc) is 3.03. The normalized spacial score (nSPS) is 10.1. The molecule has 0 bridgehead atoms. The largest absolute Gasteiger partial charge is 0.497 e. The summed E-state index contributed by atoms with van der Waals surface area (Å²) in [5.74, 6) is 0.713. The van der Waals surface area contributed by atoms with Crippen molar-refractivity contribution >= 4 is 39.1 Å². The molecule has 1 aromatic heterocycles. The van der Waals surface area contributed by atoms with Crippen LogP contribution >= 0.6 is 27.3 Å². The topological polar surface area (TPSA) is 76.7 Å². The first kappa shape index (κ1) is 18.3. The molecule has 2 amide bonds. The number of halogens is 1. The van der Waals surface area contributed by atoms with Gasteiger partial charge in [0.05, 0.1) is 22.9 Å². The molecule has 6 nitrogen and oxygen atoms in total. The van der Waals surface area contributed by atoms with E-state index in [2.05, 4.69) is 26.8 Å². The van der Waals surface area contributed by atoms with Crippen LogP contribution in [0.2, 0.25) is 0 Å². The number of hydrogen-bond acceptors (Lipinski definition) is 5. The standard InChI is InChI=1S/C16H17BrN2O4S/c1-22-11-7-10(8-12(9-11)23-2)3-6-15(20)18-19-16(21)13-4-5-14(17)24-13/h4-5,7-9H,3,6H2,1-2H3,(H,18,20)(H,19,21). The third-order valence-corrected chi connectivity index (χ3v) is 4.79. The summed E-state index contributed by atoms with van der Waals surface area (Å²) in [5, 5.41) is 0. The molecular formula is C16H17BrN2O4S. The maximum atomic E-state index is 11.9. The van der Waals surface area contributed by atoms with E-state index < -0.39 is 0 Å². The van der Waals surface area contributed by atoms with E-state index >= 15 is 0 Å². The van der Waals surface area contributed by atoms with Gasteiger partial charge in [0, 0.05) is 12.5 Å². The van der Waals surface area contributed by atoms with Crippen LogP contribution in [0.4, 0.5) is 0 Å². The van der Waals surface area contributed by atoms with Gasteiger partial charge in [0.1, 0.15) is 11.5 Å². The Morgan fingerprint density at radius 2 is 1.75 bits per heavy atom. The highest BCUT2D eigenvalue weighted by Crippen LogP contribution is 2.23. The van der Waals surface area contributed by atoms with Crippen molar-refractivity contribution in [1.29, 1.82) is 0 Å². The number of aryl methyl sites for hydroxylation is 1. The summed E-state index contributed by atoms with van der Waals surface area (Å²) in [5.41, 5.74) is 5.72. The number of amides is 2. The lowest BCUT2D eigenvalue weighted by atomic mass is 10.1. The number of hydrogen-bond donors (Lipinski definition) is 2. The van der Waals surface area contributed by atoms with Crippen molar-refractivity contribution in [2.45, 2.75) is 12.8 Å². The summed E-state index contributed by atoms with van der Waals surface area (Å²) in [6, 6.07) is 8.91. The Balaban J connectivity index is 1.84. The van der Waals surface area contributed by atoms with Crippen molar-refractivity contribution < 1.29 is 19.1 Å². The molecule has 0 unspecified atom stereocenters. The highest BCUT2D eigenvalue weighted by Gasteiger charge is 2.10. The van der Waals surface area contributed by atoms with Crippen LogP contribution < -0.4 is 20.3 Å². The predicted octanol–water partition coefficient (Wildman–Crippen LogP) is 2.92. The highest BCUT2D eigenvalue weighted by molar-refractivity contribution is 9.11. The van der Waals surface area contributed by atoms with Crippen LogP contribution in [0.25, 0.3) is 0 Å². The highest BCUT2D eigenvalue weighted by atomic mass is 79.9. The van der Waals surface area contributed by atoms with Gasteiger partial charge in [0.2, 0.25) is 5.91 Å². The van der Waals surface area contributed by atoms with Gasteiger partial charge in [-0.05, 0) is 52.2 Å². The van der Waals surface area contributed by atoms with Crippen molar-refractivity contribution in [2.75, 3.05) is 14.2 Å². The zero-order valence-corrected chi connectivity index (χ0v) is 15.6. The number of carbonyl (C=O) groups excluding carboxylic acids is 2. The number of rotatable bonds is 6. The van der Waals surface area contributed by atoms with Crippen LogP contribution in [0.1, 0.15) is 21.7 Å². The summed E-state index contributed by atoms with van der Waals surface area (Å²) in [6.07, 6.45) is 0.727. The molecule has 0 saturated carbocycles. The van der Waals surface area contributed by atoms with E-state index in [1.807, 2.05) is 12.1 Å². The summed E-state index contributed by atoms with van der Waals surface area (Å²) >= 11 is 4.58. The first-order valence-corrected chi connectivity index (χ1v) is 8.69. The van der Waals surface area contributed by atoms with Crippen molar-refractivity contribution in [3.05, 3.63) is 44.6 Å². The number of ether oxygens (including phenoxy) is 2. The van der Waals surface area contributed by atoms with E-state index in [0.29, 0.717) is 22.8 Å². The third-order valence-electron chi connectivity index (χ3n) is 3.16. The molecule has 128 valence electrons. The van der Waals surface area contributed by atoms with Gasteiger partial charge >= 0.3 is 0 Å². The lowest BCUT2D eigenvalue weighted by molar-refractivity contribution is -0.121. The van der Waals surface area contributed by atoms with Crippen LogP contribution in [-0.2, 0) is 11.2 Å².